The summed E-state index contributed by atoms with van der Waals surface area (Å²) in [6, 6.07) is 0. The number of rotatable bonds is 1. The van der Waals surface area contributed by atoms with Gasteiger partial charge in [0.05, 0.1) is 23.0 Å². The molecule has 4 atom stereocenters. The zero-order valence-corrected chi connectivity index (χ0v) is 9.31. The third-order valence-corrected chi connectivity index (χ3v) is 3.98. The highest BCUT2D eigenvalue weighted by molar-refractivity contribution is 6.09. The molecule has 2 saturated heterocycles. The van der Waals surface area contributed by atoms with Gasteiger partial charge in [0.1, 0.15) is 5.60 Å². The Morgan fingerprint density at radius 2 is 1.94 bits per heavy atom. The van der Waals surface area contributed by atoms with Gasteiger partial charge in [0, 0.05) is 0 Å². The zero-order chi connectivity index (χ0) is 12.6. The summed E-state index contributed by atoms with van der Waals surface area (Å²) < 4.78 is 5.67. The maximum absolute atomic E-state index is 11.7. The molecule has 2 N–H and O–H groups in total. The number of carboxylic acids is 1. The molecule has 3 aliphatic heterocycles. The van der Waals surface area contributed by atoms with Crippen LogP contribution in [-0.2, 0) is 19.1 Å². The van der Waals surface area contributed by atoms with Gasteiger partial charge < -0.3 is 9.84 Å². The second-order valence-electron chi connectivity index (χ2n) is 5.06. The number of nitrogens with one attached hydrogen (secondary N) is 1. The molecule has 2 fully saturated rings. The van der Waals surface area contributed by atoms with E-state index in [9.17, 15) is 14.4 Å². The summed E-state index contributed by atoms with van der Waals surface area (Å²) in [5, 5.41) is 11.4. The number of ether oxygens (including phenoxy) is 1. The number of carboxylic acid groups (broad SMARTS) is 1. The Bertz CT molecular complexity index is 510. The van der Waals surface area contributed by atoms with E-state index in [0.717, 1.165) is 0 Å². The van der Waals surface area contributed by atoms with Crippen LogP contribution in [0.25, 0.3) is 0 Å². The monoisotopic (exact) mass is 237 g/mol. The molecule has 2 bridgehead atoms. The van der Waals surface area contributed by atoms with E-state index in [0.29, 0.717) is 0 Å². The second-order valence-corrected chi connectivity index (χ2v) is 5.06. The van der Waals surface area contributed by atoms with Crippen LogP contribution in [0.4, 0.5) is 0 Å². The quantitative estimate of drug-likeness (QED) is 0.597. The Balaban J connectivity index is 2.20. The first-order valence-corrected chi connectivity index (χ1v) is 5.31. The normalized spacial score (nSPS) is 46.8. The highest BCUT2D eigenvalue weighted by Crippen LogP contribution is 2.58. The molecule has 3 aliphatic rings. The lowest BCUT2D eigenvalue weighted by Crippen LogP contribution is -2.42. The van der Waals surface area contributed by atoms with E-state index in [1.54, 1.807) is 13.8 Å². The van der Waals surface area contributed by atoms with Crippen LogP contribution in [0.2, 0.25) is 0 Å². The fraction of sp³-hybridized carbons (Fsp3) is 0.545. The van der Waals surface area contributed by atoms with Crippen molar-refractivity contribution in [1.29, 1.82) is 0 Å². The summed E-state index contributed by atoms with van der Waals surface area (Å²) in [7, 11) is 0. The molecule has 3 rings (SSSR count). The topological polar surface area (TPSA) is 92.7 Å². The first-order chi connectivity index (χ1) is 7.79. The maximum atomic E-state index is 11.7. The minimum atomic E-state index is -1.21. The van der Waals surface area contributed by atoms with Gasteiger partial charge in [-0.15, -0.1) is 0 Å². The van der Waals surface area contributed by atoms with E-state index in [1.165, 1.54) is 6.08 Å². The summed E-state index contributed by atoms with van der Waals surface area (Å²) in [6.45, 7) is 3.20. The van der Waals surface area contributed by atoms with Gasteiger partial charge in [0.2, 0.25) is 11.8 Å². The number of imide groups is 1. The lowest BCUT2D eigenvalue weighted by atomic mass is 9.69. The van der Waals surface area contributed by atoms with E-state index in [1.807, 2.05) is 0 Å². The Labute approximate surface area is 96.6 Å². The molecule has 0 aromatic rings. The van der Waals surface area contributed by atoms with E-state index < -0.39 is 34.9 Å². The molecular formula is C11H11NO5. The molecule has 2 amide bonds. The fourth-order valence-corrected chi connectivity index (χ4v) is 3.37. The standard InChI is InChI=1S/C11H11NO5/c1-10-3-4(9(15)16)11(2,17-10)6-5(10)7(13)12-8(6)14/h3,5-6H,1-2H3,(H,15,16)(H,12,13,14). The van der Waals surface area contributed by atoms with Crippen molar-refractivity contribution in [3.8, 4) is 0 Å². The maximum Gasteiger partial charge on any atom is 0.334 e. The molecule has 3 heterocycles. The van der Waals surface area contributed by atoms with Crippen LogP contribution < -0.4 is 5.32 Å². The predicted molar refractivity (Wildman–Crippen MR) is 53.7 cm³/mol. The number of amides is 2. The van der Waals surface area contributed by atoms with Gasteiger partial charge in [-0.25, -0.2) is 4.79 Å². The highest BCUT2D eigenvalue weighted by atomic mass is 16.5. The van der Waals surface area contributed by atoms with Gasteiger partial charge in [-0.05, 0) is 19.9 Å². The van der Waals surface area contributed by atoms with E-state index in [-0.39, 0.29) is 11.5 Å². The number of hydrogen-bond acceptors (Lipinski definition) is 4. The first kappa shape index (κ1) is 10.5. The molecule has 0 radical (unpaired) electrons. The number of hydrogen-bond donors (Lipinski definition) is 2. The van der Waals surface area contributed by atoms with Gasteiger partial charge in [-0.3, -0.25) is 14.9 Å². The second kappa shape index (κ2) is 2.59. The molecule has 0 aromatic heterocycles. The van der Waals surface area contributed by atoms with Crippen LogP contribution in [0.1, 0.15) is 13.8 Å². The predicted octanol–water partition coefficient (Wildman–Crippen LogP) is -0.553. The summed E-state index contributed by atoms with van der Waals surface area (Å²) in [6.07, 6.45) is 1.45. The SMILES string of the molecule is CC12C=C(C(=O)O)C(C)(O1)C1C(=O)NC(=O)C12. The van der Waals surface area contributed by atoms with E-state index >= 15 is 0 Å². The molecule has 0 aliphatic carbocycles. The van der Waals surface area contributed by atoms with Crippen molar-refractivity contribution in [2.45, 2.75) is 25.0 Å². The lowest BCUT2D eigenvalue weighted by Gasteiger charge is -2.26. The van der Waals surface area contributed by atoms with Crippen molar-refractivity contribution in [3.05, 3.63) is 11.6 Å². The molecule has 17 heavy (non-hydrogen) atoms. The molecule has 90 valence electrons. The molecule has 6 heteroatoms. The van der Waals surface area contributed by atoms with Crippen LogP contribution in [0, 0.1) is 11.8 Å². The van der Waals surface area contributed by atoms with Gasteiger partial charge in [0.15, 0.2) is 0 Å². The van der Waals surface area contributed by atoms with E-state index in [2.05, 4.69) is 5.32 Å². The summed E-state index contributed by atoms with van der Waals surface area (Å²) in [5.41, 5.74) is -2.14. The Morgan fingerprint density at radius 1 is 1.35 bits per heavy atom. The van der Waals surface area contributed by atoms with Crippen LogP contribution in [0.3, 0.4) is 0 Å². The Kier molecular flexibility index (Phi) is 1.59. The fourth-order valence-electron chi connectivity index (χ4n) is 3.37. The minimum absolute atomic E-state index is 0.0612. The van der Waals surface area contributed by atoms with Crippen LogP contribution in [0.5, 0.6) is 0 Å². The summed E-state index contributed by atoms with van der Waals surface area (Å²) in [4.78, 5) is 34.6. The largest absolute Gasteiger partial charge is 0.478 e. The third-order valence-electron chi connectivity index (χ3n) is 3.98. The summed E-state index contributed by atoms with van der Waals surface area (Å²) in [5.74, 6) is -3.30. The van der Waals surface area contributed by atoms with Crippen LogP contribution in [0.15, 0.2) is 11.6 Å². The van der Waals surface area contributed by atoms with Crippen molar-refractivity contribution < 1.29 is 24.2 Å². The molecule has 0 saturated carbocycles. The van der Waals surface area contributed by atoms with E-state index in [4.69, 9.17) is 9.84 Å². The van der Waals surface area contributed by atoms with Gasteiger partial charge in [-0.2, -0.15) is 0 Å². The molecule has 0 aromatic carbocycles. The average molecular weight is 237 g/mol. The minimum Gasteiger partial charge on any atom is -0.478 e. The molecule has 0 spiro atoms. The molecule has 4 unspecified atom stereocenters. The number of aliphatic carboxylic acids is 1. The molecule has 6 nitrogen and oxygen atoms in total. The van der Waals surface area contributed by atoms with Crippen molar-refractivity contribution in [3.63, 3.8) is 0 Å². The van der Waals surface area contributed by atoms with Gasteiger partial charge in [-0.1, -0.05) is 0 Å². The zero-order valence-electron chi connectivity index (χ0n) is 9.31. The van der Waals surface area contributed by atoms with Gasteiger partial charge in [0.25, 0.3) is 0 Å². The highest BCUT2D eigenvalue weighted by Gasteiger charge is 2.72. The Morgan fingerprint density at radius 3 is 2.53 bits per heavy atom. The number of carbonyl (C=O) groups excluding carboxylic acids is 2. The van der Waals surface area contributed by atoms with Crippen LogP contribution in [-0.4, -0.2) is 34.1 Å². The van der Waals surface area contributed by atoms with Crippen molar-refractivity contribution in [1.82, 2.24) is 5.32 Å². The number of fused-ring (bicyclic) bond motifs is 5. The lowest BCUT2D eigenvalue weighted by molar-refractivity contribution is -0.137. The summed E-state index contributed by atoms with van der Waals surface area (Å²) >= 11 is 0. The molecular weight excluding hydrogens is 226 g/mol. The third kappa shape index (κ3) is 0.969. The van der Waals surface area contributed by atoms with Crippen LogP contribution >= 0.6 is 0 Å². The van der Waals surface area contributed by atoms with Crippen molar-refractivity contribution >= 4 is 17.8 Å². The first-order valence-electron chi connectivity index (χ1n) is 5.31. The number of carbonyl (C=O) groups is 3. The van der Waals surface area contributed by atoms with Crippen molar-refractivity contribution in [2.24, 2.45) is 11.8 Å². The van der Waals surface area contributed by atoms with Crippen molar-refractivity contribution in [2.75, 3.05) is 0 Å². The van der Waals surface area contributed by atoms with Gasteiger partial charge >= 0.3 is 5.97 Å². The smallest absolute Gasteiger partial charge is 0.334 e. The Hall–Kier alpha value is -1.69. The average Bonchev–Trinajstić information content (AvgIpc) is 2.71.